The molecule has 0 heterocycles. The molecule has 0 unspecified atom stereocenters. The van der Waals surface area contributed by atoms with Crippen LogP contribution in [0.5, 0.6) is 0 Å². The topological polar surface area (TPSA) is 0 Å². The van der Waals surface area contributed by atoms with E-state index >= 15 is 0 Å². The molecular weight excluding hydrogens is 387 g/mol. The van der Waals surface area contributed by atoms with Gasteiger partial charge in [-0.05, 0) is 48.7 Å². The van der Waals surface area contributed by atoms with E-state index in [1.54, 1.807) is 0 Å². The van der Waals surface area contributed by atoms with E-state index in [9.17, 15) is 0 Å². The molecule has 3 aromatic carbocycles. The Hall–Kier alpha value is -1.69. The van der Waals surface area contributed by atoms with E-state index in [0.717, 1.165) is 19.3 Å². The summed E-state index contributed by atoms with van der Waals surface area (Å²) in [5.41, 5.74) is 1.47. The Morgan fingerprint density at radius 2 is 1.24 bits per heavy atom. The van der Waals surface area contributed by atoms with Crippen LogP contribution in [0, 0.1) is 0 Å². The largest absolute Gasteiger partial charge is 0.114 e. The fraction of sp³-hybridized carbons (Fsp3) is 0.130. The first kappa shape index (κ1) is 19.6. The van der Waals surface area contributed by atoms with Gasteiger partial charge in [0.05, 0.1) is 0 Å². The average molecular weight is 411 g/mol. The number of rotatable bonds is 7. The molecule has 0 aliphatic heterocycles. The number of halogens is 1. The van der Waals surface area contributed by atoms with Crippen LogP contribution in [0.3, 0.4) is 0 Å². The highest BCUT2D eigenvalue weighted by atomic mass is 79.9. The van der Waals surface area contributed by atoms with Crippen molar-refractivity contribution >= 4 is 40.8 Å². The molecule has 0 amide bonds. The van der Waals surface area contributed by atoms with Crippen LogP contribution in [0.25, 0.3) is 0 Å². The van der Waals surface area contributed by atoms with Crippen LogP contribution in [0.15, 0.2) is 97.6 Å². The second-order valence-electron chi connectivity index (χ2n) is 5.82. The van der Waals surface area contributed by atoms with Gasteiger partial charge in [-0.3, -0.25) is 0 Å². The van der Waals surface area contributed by atoms with Gasteiger partial charge in [-0.2, -0.15) is 0 Å². The van der Waals surface area contributed by atoms with Crippen molar-refractivity contribution in [1.29, 1.82) is 0 Å². The van der Waals surface area contributed by atoms with Gasteiger partial charge in [-0.1, -0.05) is 91.0 Å². The summed E-state index contributed by atoms with van der Waals surface area (Å²) in [5, 5.41) is 4.30. The molecule has 0 saturated carbocycles. The molecule has 128 valence electrons. The SMILES string of the molecule is Br.C=CCCCc1ccccc1P(c1ccccc1)c1ccccc1. The molecule has 3 aromatic rings. The number of benzene rings is 3. The summed E-state index contributed by atoms with van der Waals surface area (Å²) in [6, 6.07) is 30.8. The van der Waals surface area contributed by atoms with E-state index in [2.05, 4.69) is 91.5 Å². The first-order valence-electron chi connectivity index (χ1n) is 8.49. The van der Waals surface area contributed by atoms with Crippen LogP contribution in [0.1, 0.15) is 18.4 Å². The third-order valence-electron chi connectivity index (χ3n) is 4.12. The zero-order chi connectivity index (χ0) is 16.6. The Morgan fingerprint density at radius 3 is 1.80 bits per heavy atom. The lowest BCUT2D eigenvalue weighted by Crippen LogP contribution is -2.23. The first-order chi connectivity index (χ1) is 11.9. The lowest BCUT2D eigenvalue weighted by molar-refractivity contribution is 0.848. The first-order valence-corrected chi connectivity index (χ1v) is 9.83. The number of hydrogen-bond acceptors (Lipinski definition) is 0. The molecule has 0 atom stereocenters. The monoisotopic (exact) mass is 410 g/mol. The summed E-state index contributed by atoms with van der Waals surface area (Å²) in [5.74, 6) is 0. The van der Waals surface area contributed by atoms with Crippen LogP contribution in [-0.4, -0.2) is 0 Å². The predicted octanol–water partition coefficient (Wildman–Crippen LogP) is 5.53. The summed E-state index contributed by atoms with van der Waals surface area (Å²) >= 11 is 0. The lowest BCUT2D eigenvalue weighted by Gasteiger charge is -2.22. The molecule has 0 nitrogen and oxygen atoms in total. The van der Waals surface area contributed by atoms with Crippen LogP contribution < -0.4 is 15.9 Å². The molecule has 0 aromatic heterocycles. The summed E-state index contributed by atoms with van der Waals surface area (Å²) in [6.07, 6.45) is 5.36. The van der Waals surface area contributed by atoms with Gasteiger partial charge in [-0.25, -0.2) is 0 Å². The number of allylic oxidation sites excluding steroid dienone is 1. The molecule has 0 N–H and O–H groups in total. The fourth-order valence-corrected chi connectivity index (χ4v) is 5.46. The van der Waals surface area contributed by atoms with Crippen molar-refractivity contribution in [1.82, 2.24) is 0 Å². The van der Waals surface area contributed by atoms with Gasteiger partial charge in [0, 0.05) is 0 Å². The third kappa shape index (κ3) is 5.14. The van der Waals surface area contributed by atoms with Crippen molar-refractivity contribution < 1.29 is 0 Å². The van der Waals surface area contributed by atoms with Crippen LogP contribution in [-0.2, 0) is 6.42 Å². The van der Waals surface area contributed by atoms with Crippen molar-refractivity contribution in [3.05, 3.63) is 103 Å². The minimum absolute atomic E-state index is 0. The van der Waals surface area contributed by atoms with Gasteiger partial charge in [0.25, 0.3) is 0 Å². The van der Waals surface area contributed by atoms with Gasteiger partial charge in [0.15, 0.2) is 0 Å². The zero-order valence-electron chi connectivity index (χ0n) is 14.3. The summed E-state index contributed by atoms with van der Waals surface area (Å²) in [4.78, 5) is 0. The van der Waals surface area contributed by atoms with E-state index in [1.807, 2.05) is 6.08 Å². The Labute approximate surface area is 163 Å². The molecule has 0 saturated heterocycles. The lowest BCUT2D eigenvalue weighted by atomic mass is 10.1. The van der Waals surface area contributed by atoms with Gasteiger partial charge in [0.2, 0.25) is 0 Å². The number of aryl methyl sites for hydroxylation is 1. The summed E-state index contributed by atoms with van der Waals surface area (Å²) in [7, 11) is -0.513. The maximum absolute atomic E-state index is 3.85. The Bertz CT molecular complexity index is 729. The normalized spacial score (nSPS) is 10.3. The van der Waals surface area contributed by atoms with E-state index in [-0.39, 0.29) is 17.0 Å². The predicted molar refractivity (Wildman–Crippen MR) is 119 cm³/mol. The smallest absolute Gasteiger partial charge is 0.0119 e. The molecular formula is C23H24BrP. The molecule has 0 fully saturated rings. The fourth-order valence-electron chi connectivity index (χ4n) is 2.96. The van der Waals surface area contributed by atoms with Crippen molar-refractivity contribution in [2.45, 2.75) is 19.3 Å². The average Bonchev–Trinajstić information content (AvgIpc) is 2.65. The highest BCUT2D eigenvalue weighted by Gasteiger charge is 2.18. The van der Waals surface area contributed by atoms with Gasteiger partial charge < -0.3 is 0 Å². The molecule has 25 heavy (non-hydrogen) atoms. The van der Waals surface area contributed by atoms with E-state index in [1.165, 1.54) is 21.5 Å². The molecule has 0 aliphatic rings. The minimum atomic E-state index is -0.513. The Balaban J connectivity index is 0.00000225. The highest BCUT2D eigenvalue weighted by Crippen LogP contribution is 2.34. The molecule has 3 rings (SSSR count). The van der Waals surface area contributed by atoms with E-state index < -0.39 is 7.92 Å². The maximum Gasteiger partial charge on any atom is -0.0119 e. The van der Waals surface area contributed by atoms with Crippen LogP contribution >= 0.6 is 24.9 Å². The molecule has 2 heteroatoms. The highest BCUT2D eigenvalue weighted by molar-refractivity contribution is 8.93. The molecule has 0 radical (unpaired) electrons. The summed E-state index contributed by atoms with van der Waals surface area (Å²) < 4.78 is 0. The molecule has 0 aliphatic carbocycles. The zero-order valence-corrected chi connectivity index (χ0v) is 17.0. The van der Waals surface area contributed by atoms with E-state index in [0.29, 0.717) is 0 Å². The maximum atomic E-state index is 3.85. The quantitative estimate of drug-likeness (QED) is 0.272. The van der Waals surface area contributed by atoms with Gasteiger partial charge >= 0.3 is 0 Å². The van der Waals surface area contributed by atoms with Gasteiger partial charge in [-0.15, -0.1) is 23.6 Å². The van der Waals surface area contributed by atoms with Crippen molar-refractivity contribution in [3.8, 4) is 0 Å². The van der Waals surface area contributed by atoms with Crippen LogP contribution in [0.2, 0.25) is 0 Å². The third-order valence-corrected chi connectivity index (χ3v) is 6.66. The van der Waals surface area contributed by atoms with Crippen molar-refractivity contribution in [2.75, 3.05) is 0 Å². The second kappa shape index (κ2) is 10.3. The van der Waals surface area contributed by atoms with Crippen molar-refractivity contribution in [3.63, 3.8) is 0 Å². The Kier molecular flexibility index (Phi) is 8.12. The summed E-state index contributed by atoms with van der Waals surface area (Å²) in [6.45, 7) is 3.85. The number of hydrogen-bond donors (Lipinski definition) is 0. The van der Waals surface area contributed by atoms with E-state index in [4.69, 9.17) is 0 Å². The standard InChI is InChI=1S/C23H23P.BrH/c1-2-3-6-13-20-14-11-12-19-23(20)24(21-15-7-4-8-16-21)22-17-9-5-10-18-22;/h2,4-5,7-12,14-19H,1,3,6,13H2;1H. The van der Waals surface area contributed by atoms with Gasteiger partial charge in [0.1, 0.15) is 0 Å². The second-order valence-corrected chi connectivity index (χ2v) is 8.00. The Morgan fingerprint density at radius 1 is 0.720 bits per heavy atom. The van der Waals surface area contributed by atoms with Crippen LogP contribution in [0.4, 0.5) is 0 Å². The molecule has 0 spiro atoms. The number of unbranched alkanes of at least 4 members (excludes halogenated alkanes) is 1. The van der Waals surface area contributed by atoms with Crippen molar-refractivity contribution in [2.24, 2.45) is 0 Å². The minimum Gasteiger partial charge on any atom is -0.114 e. The molecule has 0 bridgehead atoms.